The van der Waals surface area contributed by atoms with Gasteiger partial charge in [0.25, 0.3) is 11.8 Å². The minimum absolute atomic E-state index is 0.0570. The Bertz CT molecular complexity index is 1190. The molecule has 0 bridgehead atoms. The van der Waals surface area contributed by atoms with Gasteiger partial charge in [0.1, 0.15) is 5.82 Å². The molecule has 3 heterocycles. The molecule has 1 aliphatic rings. The Morgan fingerprint density at radius 3 is 2.73 bits per heavy atom. The van der Waals surface area contributed by atoms with E-state index in [-0.39, 0.29) is 23.4 Å². The molecule has 1 amide bonds. The van der Waals surface area contributed by atoms with E-state index in [2.05, 4.69) is 20.5 Å². The van der Waals surface area contributed by atoms with Crippen LogP contribution >= 0.6 is 0 Å². The van der Waals surface area contributed by atoms with Crippen LogP contribution in [0.4, 0.5) is 4.39 Å². The molecule has 2 aromatic carbocycles. The number of carbonyl (C=O) groups excluding carboxylic acids is 1. The Morgan fingerprint density at radius 2 is 1.90 bits per heavy atom. The highest BCUT2D eigenvalue weighted by Crippen LogP contribution is 2.25. The number of halogens is 1. The summed E-state index contributed by atoms with van der Waals surface area (Å²) in [6.45, 7) is 0.945. The molecule has 1 aliphatic heterocycles. The van der Waals surface area contributed by atoms with E-state index in [1.165, 1.54) is 12.1 Å². The normalized spacial score (nSPS) is 16.2. The summed E-state index contributed by atoms with van der Waals surface area (Å²) in [7, 11) is 0. The summed E-state index contributed by atoms with van der Waals surface area (Å²) in [4.78, 5) is 18.6. The number of hydrogen-bond acceptors (Lipinski definition) is 6. The van der Waals surface area contributed by atoms with Gasteiger partial charge in [-0.25, -0.2) is 9.07 Å². The van der Waals surface area contributed by atoms with E-state index in [0.717, 1.165) is 5.56 Å². The monoisotopic (exact) mass is 404 g/mol. The Kier molecular flexibility index (Phi) is 4.55. The van der Waals surface area contributed by atoms with Crippen LogP contribution in [-0.4, -0.2) is 49.0 Å². The summed E-state index contributed by atoms with van der Waals surface area (Å²) in [5.41, 5.74) is 1.39. The number of amides is 1. The highest BCUT2D eigenvalue weighted by molar-refractivity contribution is 5.94. The third-order valence-electron chi connectivity index (χ3n) is 5.12. The van der Waals surface area contributed by atoms with Crippen molar-refractivity contribution in [1.82, 2.24) is 30.0 Å². The lowest BCUT2D eigenvalue weighted by Gasteiger charge is -2.16. The highest BCUT2D eigenvalue weighted by Gasteiger charge is 2.30. The maximum absolute atomic E-state index is 13.9. The van der Waals surface area contributed by atoms with Crippen molar-refractivity contribution in [2.45, 2.75) is 12.5 Å². The summed E-state index contributed by atoms with van der Waals surface area (Å²) < 4.78 is 21.0. The molecule has 8 nitrogen and oxygen atoms in total. The van der Waals surface area contributed by atoms with Crippen LogP contribution in [-0.2, 0) is 0 Å². The molecule has 150 valence electrons. The third kappa shape index (κ3) is 3.34. The topological polar surface area (TPSA) is 89.9 Å². The predicted molar refractivity (Wildman–Crippen MR) is 105 cm³/mol. The van der Waals surface area contributed by atoms with Crippen molar-refractivity contribution >= 4 is 5.91 Å². The van der Waals surface area contributed by atoms with Gasteiger partial charge in [0.2, 0.25) is 5.82 Å². The number of likely N-dealkylation sites (tertiary alicyclic amines) is 1. The van der Waals surface area contributed by atoms with Crippen molar-refractivity contribution in [1.29, 1.82) is 0 Å². The first-order valence-corrected chi connectivity index (χ1v) is 9.54. The molecule has 2 aromatic heterocycles. The van der Waals surface area contributed by atoms with Crippen LogP contribution in [0, 0.1) is 5.82 Å². The zero-order valence-corrected chi connectivity index (χ0v) is 15.8. The summed E-state index contributed by atoms with van der Waals surface area (Å²) in [5.74, 6) is -0.0833. The van der Waals surface area contributed by atoms with E-state index in [0.29, 0.717) is 31.0 Å². The van der Waals surface area contributed by atoms with Crippen LogP contribution < -0.4 is 0 Å². The lowest BCUT2D eigenvalue weighted by atomic mass is 10.2. The maximum Gasteiger partial charge on any atom is 0.280 e. The van der Waals surface area contributed by atoms with E-state index < -0.39 is 5.82 Å². The number of rotatable bonds is 4. The van der Waals surface area contributed by atoms with Crippen molar-refractivity contribution in [3.8, 4) is 23.0 Å². The molecule has 1 fully saturated rings. The van der Waals surface area contributed by atoms with Crippen molar-refractivity contribution in [2.24, 2.45) is 0 Å². The molecule has 4 aromatic rings. The number of hydrogen-bond donors (Lipinski definition) is 0. The molecule has 5 rings (SSSR count). The van der Waals surface area contributed by atoms with Gasteiger partial charge >= 0.3 is 0 Å². The van der Waals surface area contributed by atoms with Gasteiger partial charge in [-0.05, 0) is 18.6 Å². The lowest BCUT2D eigenvalue weighted by molar-refractivity contribution is 0.0782. The number of aromatic nitrogens is 5. The minimum atomic E-state index is -0.514. The van der Waals surface area contributed by atoms with Crippen LogP contribution in [0.1, 0.15) is 22.8 Å². The van der Waals surface area contributed by atoms with Crippen LogP contribution in [0.2, 0.25) is 0 Å². The SMILES string of the molecule is O=C(c1ccccc1F)N1CCC(n2cc(-c3nc(-c4ccccc4)no3)nn2)C1. The number of nitrogens with zero attached hydrogens (tertiary/aromatic N) is 6. The first kappa shape index (κ1) is 18.2. The van der Waals surface area contributed by atoms with Gasteiger partial charge in [-0.15, -0.1) is 5.10 Å². The van der Waals surface area contributed by atoms with E-state index in [4.69, 9.17) is 4.52 Å². The fourth-order valence-corrected chi connectivity index (χ4v) is 3.53. The van der Waals surface area contributed by atoms with Gasteiger partial charge in [0.05, 0.1) is 17.8 Å². The molecule has 0 aliphatic carbocycles. The van der Waals surface area contributed by atoms with Gasteiger partial charge in [0.15, 0.2) is 5.69 Å². The van der Waals surface area contributed by atoms with Gasteiger partial charge in [-0.3, -0.25) is 4.79 Å². The van der Waals surface area contributed by atoms with Crippen molar-refractivity contribution in [2.75, 3.05) is 13.1 Å². The second kappa shape index (κ2) is 7.51. The lowest BCUT2D eigenvalue weighted by Crippen LogP contribution is -2.29. The van der Waals surface area contributed by atoms with E-state index in [1.54, 1.807) is 27.9 Å². The molecule has 1 saturated heterocycles. The Morgan fingerprint density at radius 1 is 1.10 bits per heavy atom. The third-order valence-corrected chi connectivity index (χ3v) is 5.12. The Hall–Kier alpha value is -3.88. The van der Waals surface area contributed by atoms with Crippen molar-refractivity contribution in [3.05, 3.63) is 72.2 Å². The van der Waals surface area contributed by atoms with Crippen LogP contribution in [0.25, 0.3) is 23.0 Å². The molecule has 0 radical (unpaired) electrons. The zero-order valence-electron chi connectivity index (χ0n) is 15.8. The van der Waals surface area contributed by atoms with Crippen molar-refractivity contribution < 1.29 is 13.7 Å². The minimum Gasteiger partial charge on any atom is -0.336 e. The highest BCUT2D eigenvalue weighted by atomic mass is 19.1. The zero-order chi connectivity index (χ0) is 20.5. The van der Waals surface area contributed by atoms with Crippen LogP contribution in [0.5, 0.6) is 0 Å². The van der Waals surface area contributed by atoms with Gasteiger partial charge in [-0.1, -0.05) is 52.8 Å². The number of carbonyl (C=O) groups is 1. The summed E-state index contributed by atoms with van der Waals surface area (Å²) in [5, 5.41) is 12.3. The number of benzene rings is 2. The van der Waals surface area contributed by atoms with Gasteiger partial charge in [0, 0.05) is 18.7 Å². The van der Waals surface area contributed by atoms with Gasteiger partial charge < -0.3 is 9.42 Å². The quantitative estimate of drug-likeness (QED) is 0.519. The largest absolute Gasteiger partial charge is 0.336 e. The molecular formula is C21H17FN6O2. The maximum atomic E-state index is 13.9. The van der Waals surface area contributed by atoms with E-state index in [9.17, 15) is 9.18 Å². The summed E-state index contributed by atoms with van der Waals surface area (Å²) in [6.07, 6.45) is 2.42. The molecular weight excluding hydrogens is 387 g/mol. The summed E-state index contributed by atoms with van der Waals surface area (Å²) >= 11 is 0. The Balaban J connectivity index is 1.30. The van der Waals surface area contributed by atoms with E-state index in [1.807, 2.05) is 30.3 Å². The predicted octanol–water partition coefficient (Wildman–Crippen LogP) is 3.22. The van der Waals surface area contributed by atoms with Gasteiger partial charge in [-0.2, -0.15) is 4.98 Å². The standard InChI is InChI=1S/C21H17FN6O2/c22-17-9-5-4-8-16(17)21(29)27-11-10-15(12-27)28-13-18(24-26-28)20-23-19(25-30-20)14-6-2-1-3-7-14/h1-9,13,15H,10-12H2. The fourth-order valence-electron chi connectivity index (χ4n) is 3.53. The molecule has 1 atom stereocenters. The van der Waals surface area contributed by atoms with Crippen LogP contribution in [0.15, 0.2) is 65.3 Å². The Labute approximate surface area is 170 Å². The molecule has 9 heteroatoms. The molecule has 1 unspecified atom stereocenters. The molecule has 0 spiro atoms. The molecule has 0 N–H and O–H groups in total. The average Bonchev–Trinajstić information content (AvgIpc) is 3.54. The second-order valence-corrected chi connectivity index (χ2v) is 7.05. The molecule has 30 heavy (non-hydrogen) atoms. The first-order chi connectivity index (χ1) is 14.7. The second-order valence-electron chi connectivity index (χ2n) is 7.05. The average molecular weight is 404 g/mol. The summed E-state index contributed by atoms with van der Waals surface area (Å²) in [6, 6.07) is 15.5. The first-order valence-electron chi connectivity index (χ1n) is 9.54. The van der Waals surface area contributed by atoms with Crippen molar-refractivity contribution in [3.63, 3.8) is 0 Å². The fraction of sp³-hybridized carbons (Fsp3) is 0.190. The molecule has 0 saturated carbocycles. The van der Waals surface area contributed by atoms with Crippen LogP contribution in [0.3, 0.4) is 0 Å². The van der Waals surface area contributed by atoms with E-state index >= 15 is 0 Å². The smallest absolute Gasteiger partial charge is 0.280 e.